The van der Waals surface area contributed by atoms with Crippen LogP contribution in [0.3, 0.4) is 0 Å². The monoisotopic (exact) mass is 286 g/mol. The van der Waals surface area contributed by atoms with E-state index in [1.54, 1.807) is 0 Å². The van der Waals surface area contributed by atoms with E-state index in [2.05, 4.69) is 32.3 Å². The number of ether oxygens (including phenoxy) is 1. The number of rotatable bonds is 2. The number of morpholine rings is 1. The zero-order valence-electron chi connectivity index (χ0n) is 11.9. The molecule has 110 valence electrons. The fraction of sp³-hybridized carbons (Fsp3) is 0.357. The van der Waals surface area contributed by atoms with Gasteiger partial charge in [0, 0.05) is 24.2 Å². The summed E-state index contributed by atoms with van der Waals surface area (Å²) in [6.45, 7) is 5.24. The summed E-state index contributed by atoms with van der Waals surface area (Å²) in [4.78, 5) is 11.0. The van der Waals surface area contributed by atoms with E-state index >= 15 is 0 Å². The summed E-state index contributed by atoms with van der Waals surface area (Å²) in [7, 11) is 0. The Hall–Kier alpha value is -2.41. The molecule has 0 unspecified atom stereocenters. The molecule has 1 aromatic carbocycles. The molecule has 3 rings (SSSR count). The maximum atomic E-state index is 7.25. The molecule has 4 N–H and O–H groups in total. The Morgan fingerprint density at radius 2 is 2.10 bits per heavy atom. The van der Waals surface area contributed by atoms with Gasteiger partial charge >= 0.3 is 0 Å². The number of hydrogen-bond donors (Lipinski definition) is 3. The lowest BCUT2D eigenvalue weighted by atomic mass is 10.1. The molecule has 0 saturated carbocycles. The second-order valence-corrected chi connectivity index (χ2v) is 4.97. The number of nitrogens with two attached hydrogens (primary N) is 1. The zero-order valence-corrected chi connectivity index (χ0v) is 11.9. The molecule has 2 heterocycles. The maximum Gasteiger partial charge on any atom is 0.230 e. The lowest BCUT2D eigenvalue weighted by Gasteiger charge is -2.29. The van der Waals surface area contributed by atoms with Crippen molar-refractivity contribution < 1.29 is 4.74 Å². The van der Waals surface area contributed by atoms with E-state index in [9.17, 15) is 0 Å². The average Bonchev–Trinajstić information content (AvgIpc) is 2.47. The molecule has 7 heteroatoms. The van der Waals surface area contributed by atoms with Crippen LogP contribution in [0, 0.1) is 12.3 Å². The summed E-state index contributed by atoms with van der Waals surface area (Å²) >= 11 is 0. The van der Waals surface area contributed by atoms with Crippen molar-refractivity contribution in [3.8, 4) is 0 Å². The SMILES string of the molecule is Cc1nc(NC(=N)N)nc2ccc(N3CCOCC3)cc12. The number of aryl methyl sites for hydroxylation is 1. The minimum atomic E-state index is -0.168. The molecular weight excluding hydrogens is 268 g/mol. The van der Waals surface area contributed by atoms with Gasteiger partial charge in [-0.25, -0.2) is 9.97 Å². The highest BCUT2D eigenvalue weighted by molar-refractivity contribution is 5.90. The van der Waals surface area contributed by atoms with Crippen molar-refractivity contribution in [1.29, 1.82) is 5.41 Å². The van der Waals surface area contributed by atoms with Gasteiger partial charge in [0.2, 0.25) is 5.95 Å². The van der Waals surface area contributed by atoms with E-state index in [1.807, 2.05) is 13.0 Å². The molecule has 0 aliphatic carbocycles. The fourth-order valence-electron chi connectivity index (χ4n) is 2.46. The van der Waals surface area contributed by atoms with Gasteiger partial charge in [0.15, 0.2) is 5.96 Å². The number of hydrogen-bond acceptors (Lipinski definition) is 5. The van der Waals surface area contributed by atoms with Crippen molar-refractivity contribution >= 4 is 28.5 Å². The Kier molecular flexibility index (Phi) is 3.57. The third-order valence-electron chi connectivity index (χ3n) is 3.49. The van der Waals surface area contributed by atoms with Crippen LogP contribution in [0.4, 0.5) is 11.6 Å². The van der Waals surface area contributed by atoms with Crippen molar-refractivity contribution in [2.45, 2.75) is 6.92 Å². The molecule has 1 aromatic heterocycles. The zero-order chi connectivity index (χ0) is 14.8. The fourth-order valence-corrected chi connectivity index (χ4v) is 2.46. The van der Waals surface area contributed by atoms with E-state index in [0.29, 0.717) is 5.95 Å². The van der Waals surface area contributed by atoms with Crippen molar-refractivity contribution in [3.63, 3.8) is 0 Å². The highest BCUT2D eigenvalue weighted by Crippen LogP contribution is 2.24. The number of aromatic nitrogens is 2. The van der Waals surface area contributed by atoms with Crippen molar-refractivity contribution in [2.75, 3.05) is 36.5 Å². The van der Waals surface area contributed by atoms with Crippen LogP contribution < -0.4 is 16.0 Å². The quantitative estimate of drug-likeness (QED) is 0.564. The minimum absolute atomic E-state index is 0.168. The van der Waals surface area contributed by atoms with E-state index in [4.69, 9.17) is 15.9 Å². The van der Waals surface area contributed by atoms with Crippen molar-refractivity contribution in [3.05, 3.63) is 23.9 Å². The summed E-state index contributed by atoms with van der Waals surface area (Å²) in [5, 5.41) is 10.9. The third kappa shape index (κ3) is 2.87. The first kappa shape index (κ1) is 13.6. The Morgan fingerprint density at radius 1 is 1.33 bits per heavy atom. The van der Waals surface area contributed by atoms with Gasteiger partial charge < -0.3 is 15.4 Å². The van der Waals surface area contributed by atoms with Gasteiger partial charge in [-0.1, -0.05) is 0 Å². The summed E-state index contributed by atoms with van der Waals surface area (Å²) < 4.78 is 5.38. The molecule has 1 aliphatic heterocycles. The first-order valence-electron chi connectivity index (χ1n) is 6.85. The molecule has 21 heavy (non-hydrogen) atoms. The summed E-state index contributed by atoms with van der Waals surface area (Å²) in [5.41, 5.74) is 8.17. The van der Waals surface area contributed by atoms with Crippen LogP contribution in [0.2, 0.25) is 0 Å². The van der Waals surface area contributed by atoms with Crippen LogP contribution in [0.15, 0.2) is 18.2 Å². The predicted octanol–water partition coefficient (Wildman–Crippen LogP) is 1.08. The highest BCUT2D eigenvalue weighted by Gasteiger charge is 2.13. The van der Waals surface area contributed by atoms with Crippen LogP contribution in [-0.4, -0.2) is 42.2 Å². The number of guanidine groups is 1. The van der Waals surface area contributed by atoms with Gasteiger partial charge in [-0.05, 0) is 25.1 Å². The normalized spacial score (nSPS) is 15.2. The first-order valence-corrected chi connectivity index (χ1v) is 6.85. The maximum absolute atomic E-state index is 7.25. The summed E-state index contributed by atoms with van der Waals surface area (Å²) in [5.74, 6) is 0.185. The van der Waals surface area contributed by atoms with E-state index in [-0.39, 0.29) is 5.96 Å². The van der Waals surface area contributed by atoms with E-state index in [0.717, 1.165) is 48.6 Å². The van der Waals surface area contributed by atoms with Crippen molar-refractivity contribution in [1.82, 2.24) is 9.97 Å². The average molecular weight is 286 g/mol. The molecule has 0 radical (unpaired) electrons. The van der Waals surface area contributed by atoms with Crippen LogP contribution in [0.1, 0.15) is 5.69 Å². The smallest absolute Gasteiger partial charge is 0.230 e. The minimum Gasteiger partial charge on any atom is -0.378 e. The topological polar surface area (TPSA) is 100 Å². The molecule has 7 nitrogen and oxygen atoms in total. The molecule has 0 amide bonds. The number of fused-ring (bicyclic) bond motifs is 1. The number of benzene rings is 1. The Morgan fingerprint density at radius 3 is 2.81 bits per heavy atom. The third-order valence-corrected chi connectivity index (χ3v) is 3.49. The lowest BCUT2D eigenvalue weighted by Crippen LogP contribution is -2.36. The van der Waals surface area contributed by atoms with Crippen molar-refractivity contribution in [2.24, 2.45) is 5.73 Å². The number of anilines is 2. The number of nitrogens with zero attached hydrogens (tertiary/aromatic N) is 3. The standard InChI is InChI=1S/C14H18N6O/c1-9-11-8-10(20-4-6-21-7-5-20)2-3-12(11)18-14(17-9)19-13(15)16/h2-3,8H,4-7H2,1H3,(H4,15,16,17,18,19). The van der Waals surface area contributed by atoms with Crippen LogP contribution in [0.25, 0.3) is 10.9 Å². The van der Waals surface area contributed by atoms with Gasteiger partial charge in [-0.3, -0.25) is 10.7 Å². The van der Waals surface area contributed by atoms with Crippen LogP contribution in [-0.2, 0) is 4.74 Å². The molecule has 1 saturated heterocycles. The van der Waals surface area contributed by atoms with Crippen LogP contribution >= 0.6 is 0 Å². The lowest BCUT2D eigenvalue weighted by molar-refractivity contribution is 0.122. The molecule has 0 spiro atoms. The van der Waals surface area contributed by atoms with E-state index < -0.39 is 0 Å². The largest absolute Gasteiger partial charge is 0.378 e. The Labute approximate surface area is 122 Å². The van der Waals surface area contributed by atoms with Gasteiger partial charge in [-0.2, -0.15) is 0 Å². The van der Waals surface area contributed by atoms with Crippen LogP contribution in [0.5, 0.6) is 0 Å². The molecule has 0 bridgehead atoms. The van der Waals surface area contributed by atoms with Gasteiger partial charge in [0.1, 0.15) is 0 Å². The predicted molar refractivity (Wildman–Crippen MR) is 82.8 cm³/mol. The second kappa shape index (κ2) is 5.53. The van der Waals surface area contributed by atoms with Gasteiger partial charge in [0.25, 0.3) is 0 Å². The molecular formula is C14H18N6O. The summed E-state index contributed by atoms with van der Waals surface area (Å²) in [6, 6.07) is 6.13. The van der Waals surface area contributed by atoms with E-state index in [1.165, 1.54) is 0 Å². The van der Waals surface area contributed by atoms with Gasteiger partial charge in [-0.15, -0.1) is 0 Å². The summed E-state index contributed by atoms with van der Waals surface area (Å²) in [6.07, 6.45) is 0. The Bertz CT molecular complexity index is 680. The number of nitrogens with one attached hydrogen (secondary N) is 2. The second-order valence-electron chi connectivity index (χ2n) is 4.97. The highest BCUT2D eigenvalue weighted by atomic mass is 16.5. The Balaban J connectivity index is 1.97. The molecule has 2 aromatic rings. The molecule has 0 atom stereocenters. The first-order chi connectivity index (χ1) is 10.1. The van der Waals surface area contributed by atoms with Gasteiger partial charge in [0.05, 0.1) is 24.4 Å². The molecule has 1 fully saturated rings. The molecule has 1 aliphatic rings.